The molecule has 0 saturated heterocycles. The van der Waals surface area contributed by atoms with Crippen molar-refractivity contribution in [1.29, 1.82) is 0 Å². The van der Waals surface area contributed by atoms with E-state index in [2.05, 4.69) is 20.4 Å². The number of hydrogen-bond acceptors (Lipinski definition) is 6. The maximum atomic E-state index is 12.8. The zero-order valence-electron chi connectivity index (χ0n) is 15.7. The summed E-state index contributed by atoms with van der Waals surface area (Å²) in [6, 6.07) is 8.31. The summed E-state index contributed by atoms with van der Waals surface area (Å²) >= 11 is 12.8. The molecule has 0 aliphatic carbocycles. The van der Waals surface area contributed by atoms with Gasteiger partial charge in [0.1, 0.15) is 6.04 Å². The summed E-state index contributed by atoms with van der Waals surface area (Å²) in [6.07, 6.45) is 3.35. The number of carbonyl (C=O) groups is 1. The number of rotatable bonds is 4. The fourth-order valence-electron chi connectivity index (χ4n) is 3.26. The Kier molecular flexibility index (Phi) is 5.25. The molecular formula is C20H17Cl2N5O2. The maximum absolute atomic E-state index is 12.8. The first kappa shape index (κ1) is 19.4. The summed E-state index contributed by atoms with van der Waals surface area (Å²) in [5.41, 5.74) is 2.39. The molecule has 0 bridgehead atoms. The van der Waals surface area contributed by atoms with E-state index in [1.54, 1.807) is 43.1 Å². The van der Waals surface area contributed by atoms with E-state index >= 15 is 0 Å². The van der Waals surface area contributed by atoms with Crippen LogP contribution in [0.3, 0.4) is 0 Å². The number of nitrogens with one attached hydrogen (secondary N) is 1. The van der Waals surface area contributed by atoms with E-state index in [4.69, 9.17) is 27.9 Å². The Morgan fingerprint density at radius 3 is 2.83 bits per heavy atom. The van der Waals surface area contributed by atoms with Crippen LogP contribution in [0.5, 0.6) is 0 Å². The van der Waals surface area contributed by atoms with Gasteiger partial charge in [0, 0.05) is 29.2 Å². The third-order valence-electron chi connectivity index (χ3n) is 4.54. The number of allylic oxidation sites excluding steroid dienone is 1. The quantitative estimate of drug-likeness (QED) is 0.614. The molecule has 0 radical (unpaired) electrons. The molecule has 1 unspecified atom stereocenters. The van der Waals surface area contributed by atoms with Gasteiger partial charge in [0.25, 0.3) is 0 Å². The molecule has 7 nitrogen and oxygen atoms in total. The van der Waals surface area contributed by atoms with Crippen molar-refractivity contribution >= 4 is 35.1 Å². The number of nitrogens with zero attached hydrogens (tertiary/aromatic N) is 4. The van der Waals surface area contributed by atoms with E-state index in [0.717, 1.165) is 5.56 Å². The summed E-state index contributed by atoms with van der Waals surface area (Å²) in [5, 5.41) is 8.52. The zero-order chi connectivity index (χ0) is 20.5. The van der Waals surface area contributed by atoms with Crippen molar-refractivity contribution in [3.8, 4) is 11.4 Å². The smallest absolute Gasteiger partial charge is 0.338 e. The van der Waals surface area contributed by atoms with Crippen LogP contribution in [0.2, 0.25) is 10.0 Å². The highest BCUT2D eigenvalue weighted by atomic mass is 35.5. The molecule has 148 valence electrons. The monoisotopic (exact) mass is 429 g/mol. The van der Waals surface area contributed by atoms with Gasteiger partial charge in [-0.25, -0.2) is 9.48 Å². The Balaban J connectivity index is 1.91. The second-order valence-corrected chi connectivity index (χ2v) is 7.16. The molecule has 1 N–H and O–H groups in total. The number of ether oxygens (including phenoxy) is 1. The number of fused-ring (bicyclic) bond motifs is 1. The van der Waals surface area contributed by atoms with Crippen LogP contribution in [0.15, 0.2) is 54.0 Å². The van der Waals surface area contributed by atoms with Gasteiger partial charge in [-0.1, -0.05) is 35.3 Å². The van der Waals surface area contributed by atoms with Crippen LogP contribution < -0.4 is 5.32 Å². The molecule has 1 atom stereocenters. The zero-order valence-corrected chi connectivity index (χ0v) is 17.2. The minimum atomic E-state index is -0.644. The van der Waals surface area contributed by atoms with Crippen molar-refractivity contribution in [2.24, 2.45) is 0 Å². The Morgan fingerprint density at radius 2 is 2.10 bits per heavy atom. The Bertz CT molecular complexity index is 1110. The van der Waals surface area contributed by atoms with Gasteiger partial charge in [-0.05, 0) is 32.0 Å². The van der Waals surface area contributed by atoms with Crippen LogP contribution in [0.1, 0.15) is 25.5 Å². The lowest BCUT2D eigenvalue weighted by Crippen LogP contribution is -2.30. The van der Waals surface area contributed by atoms with E-state index in [1.807, 2.05) is 18.2 Å². The SMILES string of the molecule is CCOC(=O)C1=C(C)Nc2nc(-c3cccnc3)nn2C1c1cccc(Cl)c1Cl. The van der Waals surface area contributed by atoms with E-state index in [-0.39, 0.29) is 6.61 Å². The summed E-state index contributed by atoms with van der Waals surface area (Å²) in [7, 11) is 0. The molecule has 1 aliphatic heterocycles. The number of esters is 1. The van der Waals surface area contributed by atoms with E-state index in [9.17, 15) is 4.79 Å². The fraction of sp³-hybridized carbons (Fsp3) is 0.200. The van der Waals surface area contributed by atoms with Crippen LogP contribution in [-0.4, -0.2) is 32.3 Å². The molecule has 0 fully saturated rings. The van der Waals surface area contributed by atoms with Gasteiger partial charge in [-0.15, -0.1) is 5.10 Å². The van der Waals surface area contributed by atoms with Gasteiger partial charge >= 0.3 is 5.97 Å². The second kappa shape index (κ2) is 7.85. The lowest BCUT2D eigenvalue weighted by molar-refractivity contribution is -0.139. The van der Waals surface area contributed by atoms with Crippen molar-refractivity contribution in [3.63, 3.8) is 0 Å². The summed E-state index contributed by atoms with van der Waals surface area (Å²) in [5.74, 6) is 0.500. The predicted octanol–water partition coefficient (Wildman–Crippen LogP) is 4.50. The van der Waals surface area contributed by atoms with E-state index in [0.29, 0.717) is 38.7 Å². The average molecular weight is 430 g/mol. The predicted molar refractivity (Wildman–Crippen MR) is 111 cm³/mol. The minimum absolute atomic E-state index is 0.247. The van der Waals surface area contributed by atoms with Gasteiger partial charge < -0.3 is 10.1 Å². The van der Waals surface area contributed by atoms with Crippen LogP contribution in [0.4, 0.5) is 5.95 Å². The lowest BCUT2D eigenvalue weighted by Gasteiger charge is -2.28. The number of pyridine rings is 1. The maximum Gasteiger partial charge on any atom is 0.338 e. The molecule has 4 rings (SSSR count). The van der Waals surface area contributed by atoms with Crippen LogP contribution in [0.25, 0.3) is 11.4 Å². The fourth-order valence-corrected chi connectivity index (χ4v) is 3.67. The third-order valence-corrected chi connectivity index (χ3v) is 5.38. The third kappa shape index (κ3) is 3.47. The van der Waals surface area contributed by atoms with Gasteiger partial charge in [0.2, 0.25) is 5.95 Å². The van der Waals surface area contributed by atoms with Gasteiger partial charge in [-0.2, -0.15) is 4.98 Å². The number of benzene rings is 1. The Labute approximate surface area is 177 Å². The van der Waals surface area contributed by atoms with E-state index in [1.165, 1.54) is 0 Å². The molecule has 3 heterocycles. The van der Waals surface area contributed by atoms with Crippen molar-refractivity contribution < 1.29 is 9.53 Å². The highest BCUT2D eigenvalue weighted by Crippen LogP contribution is 2.41. The number of halogens is 2. The van der Waals surface area contributed by atoms with Crippen LogP contribution >= 0.6 is 23.2 Å². The molecule has 0 saturated carbocycles. The number of aromatic nitrogens is 4. The molecule has 3 aromatic rings. The largest absolute Gasteiger partial charge is 0.463 e. The van der Waals surface area contributed by atoms with Gasteiger partial charge in [-0.3, -0.25) is 4.98 Å². The molecule has 9 heteroatoms. The average Bonchev–Trinajstić information content (AvgIpc) is 3.13. The first-order valence-electron chi connectivity index (χ1n) is 8.97. The lowest BCUT2D eigenvalue weighted by atomic mass is 9.95. The minimum Gasteiger partial charge on any atom is -0.463 e. The highest BCUT2D eigenvalue weighted by molar-refractivity contribution is 6.42. The molecule has 29 heavy (non-hydrogen) atoms. The number of carbonyl (C=O) groups excluding carboxylic acids is 1. The molecule has 0 spiro atoms. The topological polar surface area (TPSA) is 81.9 Å². The molecule has 0 amide bonds. The summed E-state index contributed by atoms with van der Waals surface area (Å²) < 4.78 is 6.92. The molecule has 1 aromatic carbocycles. The Morgan fingerprint density at radius 1 is 1.28 bits per heavy atom. The number of hydrogen-bond donors (Lipinski definition) is 1. The van der Waals surface area contributed by atoms with Crippen molar-refractivity contribution in [2.75, 3.05) is 11.9 Å². The molecular weight excluding hydrogens is 413 g/mol. The number of anilines is 1. The van der Waals surface area contributed by atoms with Gasteiger partial charge in [0.15, 0.2) is 5.82 Å². The Hall–Kier alpha value is -2.90. The first-order chi connectivity index (χ1) is 14.0. The molecule has 1 aliphatic rings. The van der Waals surface area contributed by atoms with Crippen molar-refractivity contribution in [3.05, 3.63) is 69.6 Å². The first-order valence-corrected chi connectivity index (χ1v) is 9.72. The van der Waals surface area contributed by atoms with Crippen LogP contribution in [0, 0.1) is 0 Å². The van der Waals surface area contributed by atoms with Crippen molar-refractivity contribution in [1.82, 2.24) is 19.7 Å². The molecule has 2 aromatic heterocycles. The van der Waals surface area contributed by atoms with Crippen molar-refractivity contribution in [2.45, 2.75) is 19.9 Å². The standard InChI is InChI=1S/C20H17Cl2N5O2/c1-3-29-19(28)15-11(2)24-20-25-18(12-6-5-9-23-10-12)26-27(20)17(15)13-7-4-8-14(21)16(13)22/h4-10,17H,3H2,1-2H3,(H,24,25,26). The van der Waals surface area contributed by atoms with Gasteiger partial charge in [0.05, 0.1) is 22.2 Å². The van der Waals surface area contributed by atoms with Crippen LogP contribution in [-0.2, 0) is 9.53 Å². The summed E-state index contributed by atoms with van der Waals surface area (Å²) in [6.45, 7) is 3.79. The van der Waals surface area contributed by atoms with E-state index < -0.39 is 12.0 Å². The second-order valence-electron chi connectivity index (χ2n) is 6.38. The highest BCUT2D eigenvalue weighted by Gasteiger charge is 2.36. The normalized spacial score (nSPS) is 15.7. The summed E-state index contributed by atoms with van der Waals surface area (Å²) in [4.78, 5) is 21.5.